The Balaban J connectivity index is 1.04. The Bertz CT molecular complexity index is 1530. The van der Waals surface area contributed by atoms with Crippen molar-refractivity contribution in [3.8, 4) is 11.5 Å². The Hall–Kier alpha value is -3.32. The van der Waals surface area contributed by atoms with E-state index in [9.17, 15) is 9.59 Å². The van der Waals surface area contributed by atoms with Crippen molar-refractivity contribution in [3.05, 3.63) is 67.4 Å². The van der Waals surface area contributed by atoms with Crippen molar-refractivity contribution in [3.63, 3.8) is 0 Å². The molecular formula is C31H42Cl2N8O4. The smallest absolute Gasteiger partial charge is 0.287 e. The minimum absolute atomic E-state index is 0.198. The van der Waals surface area contributed by atoms with Gasteiger partial charge in [-0.1, -0.05) is 35.3 Å². The predicted octanol–water partition coefficient (Wildman–Crippen LogP) is 2.94. The van der Waals surface area contributed by atoms with Crippen molar-refractivity contribution in [2.45, 2.75) is 32.4 Å². The molecule has 2 aromatic heterocycles. The van der Waals surface area contributed by atoms with Crippen LogP contribution in [-0.2, 0) is 13.1 Å². The summed E-state index contributed by atoms with van der Waals surface area (Å²) in [7, 11) is 3.72. The fourth-order valence-corrected chi connectivity index (χ4v) is 6.19. The lowest BCUT2D eigenvalue weighted by molar-refractivity contribution is 0.197. The van der Waals surface area contributed by atoms with Crippen LogP contribution in [0, 0.1) is 0 Å². The summed E-state index contributed by atoms with van der Waals surface area (Å²) in [6.45, 7) is 8.88. The van der Waals surface area contributed by atoms with Gasteiger partial charge in [0.25, 0.3) is 11.1 Å². The van der Waals surface area contributed by atoms with E-state index in [0.717, 1.165) is 89.7 Å². The number of ether oxygens (including phenoxy) is 2. The second-order valence-electron chi connectivity index (χ2n) is 11.4. The van der Waals surface area contributed by atoms with Crippen LogP contribution in [0.5, 0.6) is 11.5 Å². The Kier molecular flexibility index (Phi) is 11.6. The number of hydrogen-bond donors (Lipinski definition) is 0. The molecule has 5 rings (SSSR count). The van der Waals surface area contributed by atoms with E-state index in [2.05, 4.69) is 36.8 Å². The molecule has 0 spiro atoms. The van der Waals surface area contributed by atoms with Gasteiger partial charge in [-0.3, -0.25) is 14.5 Å². The van der Waals surface area contributed by atoms with Gasteiger partial charge in [0.15, 0.2) is 11.5 Å². The number of hydrogen-bond acceptors (Lipinski definition) is 10. The van der Waals surface area contributed by atoms with Crippen LogP contribution in [-0.4, -0.2) is 109 Å². The van der Waals surface area contributed by atoms with Crippen molar-refractivity contribution in [1.82, 2.24) is 29.4 Å². The fourth-order valence-electron chi connectivity index (χ4n) is 5.65. The van der Waals surface area contributed by atoms with Crippen LogP contribution >= 0.6 is 23.2 Å². The number of aryl methyl sites for hydroxylation is 2. The number of methoxy groups -OCH3 is 1. The van der Waals surface area contributed by atoms with Gasteiger partial charge < -0.3 is 24.2 Å². The van der Waals surface area contributed by atoms with Crippen molar-refractivity contribution >= 4 is 34.6 Å². The highest BCUT2D eigenvalue weighted by molar-refractivity contribution is 6.33. The van der Waals surface area contributed by atoms with Crippen LogP contribution in [0.25, 0.3) is 0 Å². The number of benzene rings is 1. The number of para-hydroxylation sites is 2. The number of unbranched alkanes of at least 4 members (excludes halogenated alkanes) is 2. The highest BCUT2D eigenvalue weighted by atomic mass is 35.5. The first-order valence-corrected chi connectivity index (χ1v) is 16.3. The van der Waals surface area contributed by atoms with Crippen molar-refractivity contribution in [1.29, 1.82) is 0 Å². The van der Waals surface area contributed by atoms with Crippen LogP contribution in [0.3, 0.4) is 0 Å². The molecule has 45 heavy (non-hydrogen) atoms. The minimum Gasteiger partial charge on any atom is -0.493 e. The lowest BCUT2D eigenvalue weighted by atomic mass is 10.2. The van der Waals surface area contributed by atoms with Gasteiger partial charge in [-0.05, 0) is 38.4 Å². The van der Waals surface area contributed by atoms with Gasteiger partial charge in [0.1, 0.15) is 16.7 Å². The second-order valence-corrected chi connectivity index (χ2v) is 12.2. The largest absolute Gasteiger partial charge is 0.493 e. The topological polar surface area (TPSA) is 101 Å². The Morgan fingerprint density at radius 2 is 1.22 bits per heavy atom. The van der Waals surface area contributed by atoms with Gasteiger partial charge in [0, 0.05) is 72.0 Å². The van der Waals surface area contributed by atoms with E-state index in [1.165, 1.54) is 9.36 Å². The third kappa shape index (κ3) is 8.29. The Morgan fingerprint density at radius 1 is 0.711 bits per heavy atom. The highest BCUT2D eigenvalue weighted by Crippen LogP contribution is 2.26. The van der Waals surface area contributed by atoms with E-state index >= 15 is 0 Å². The average molecular weight is 662 g/mol. The molecule has 4 heterocycles. The molecule has 244 valence electrons. The zero-order valence-electron chi connectivity index (χ0n) is 26.0. The van der Waals surface area contributed by atoms with Crippen molar-refractivity contribution in [2.24, 2.45) is 0 Å². The Morgan fingerprint density at radius 3 is 1.76 bits per heavy atom. The van der Waals surface area contributed by atoms with Crippen molar-refractivity contribution in [2.75, 3.05) is 89.5 Å². The molecule has 0 N–H and O–H groups in total. The molecule has 0 unspecified atom stereocenters. The molecular weight excluding hydrogens is 619 g/mol. The van der Waals surface area contributed by atoms with E-state index in [1.807, 2.05) is 24.3 Å². The number of nitrogens with zero attached hydrogens (tertiary/aromatic N) is 8. The number of halogens is 2. The molecule has 0 amide bonds. The molecule has 2 aliphatic rings. The second kappa shape index (κ2) is 15.8. The Labute approximate surface area is 273 Å². The summed E-state index contributed by atoms with van der Waals surface area (Å²) in [5.74, 6) is 1.46. The standard InChI is InChI=1S/C31H42Cl2N8O4/c1-36-12-16-38(17-13-36)24-22-34-40(30(42)28(24)32)10-6-3-7-11-41-31(43)29(33)25(23-35-41)39-18-14-37(15-19-39)20-21-45-27-9-5-4-8-26(27)44-2/h4-5,8-9,22-23H,3,6-7,10-21H2,1-2H3. The van der Waals surface area contributed by atoms with E-state index < -0.39 is 0 Å². The summed E-state index contributed by atoms with van der Waals surface area (Å²) in [4.78, 5) is 34.6. The van der Waals surface area contributed by atoms with Crippen LogP contribution in [0.4, 0.5) is 11.4 Å². The molecule has 14 heteroatoms. The zero-order valence-corrected chi connectivity index (χ0v) is 27.5. The summed E-state index contributed by atoms with van der Waals surface area (Å²) in [5, 5.41) is 9.20. The highest BCUT2D eigenvalue weighted by Gasteiger charge is 2.22. The minimum atomic E-state index is -0.286. The van der Waals surface area contributed by atoms with Crippen LogP contribution < -0.4 is 30.4 Å². The van der Waals surface area contributed by atoms with Gasteiger partial charge in [0.2, 0.25) is 0 Å². The van der Waals surface area contributed by atoms with E-state index in [4.69, 9.17) is 32.7 Å². The molecule has 0 aliphatic carbocycles. The number of piperazine rings is 2. The fraction of sp³-hybridized carbons (Fsp3) is 0.548. The summed E-state index contributed by atoms with van der Waals surface area (Å²) in [6.07, 6.45) is 5.63. The average Bonchev–Trinajstić information content (AvgIpc) is 3.06. The molecule has 12 nitrogen and oxygen atoms in total. The summed E-state index contributed by atoms with van der Waals surface area (Å²) in [5.41, 5.74) is 0.819. The van der Waals surface area contributed by atoms with Gasteiger partial charge in [-0.25, -0.2) is 9.36 Å². The van der Waals surface area contributed by atoms with Crippen LogP contribution in [0.1, 0.15) is 19.3 Å². The first-order chi connectivity index (χ1) is 21.9. The molecule has 0 bridgehead atoms. The molecule has 2 saturated heterocycles. The first kappa shape index (κ1) is 33.1. The molecule has 0 atom stereocenters. The maximum atomic E-state index is 13.0. The lowest BCUT2D eigenvalue weighted by Crippen LogP contribution is -2.48. The SMILES string of the molecule is COc1ccccc1OCCN1CCN(c2cnn(CCCCCn3ncc(N4CCN(C)CC4)c(Cl)c3=O)c(=O)c2Cl)CC1. The third-order valence-corrected chi connectivity index (χ3v) is 9.17. The third-order valence-electron chi connectivity index (χ3n) is 8.46. The van der Waals surface area contributed by atoms with E-state index in [1.54, 1.807) is 19.5 Å². The molecule has 3 aromatic rings. The molecule has 2 fully saturated rings. The first-order valence-electron chi connectivity index (χ1n) is 15.5. The predicted molar refractivity (Wildman–Crippen MR) is 178 cm³/mol. The van der Waals surface area contributed by atoms with Gasteiger partial charge in [0.05, 0.1) is 30.9 Å². The number of aromatic nitrogens is 4. The lowest BCUT2D eigenvalue weighted by Gasteiger charge is -2.36. The summed E-state index contributed by atoms with van der Waals surface area (Å²) >= 11 is 13.0. The van der Waals surface area contributed by atoms with E-state index in [0.29, 0.717) is 31.1 Å². The quantitative estimate of drug-likeness (QED) is 0.254. The van der Waals surface area contributed by atoms with E-state index in [-0.39, 0.29) is 21.2 Å². The monoisotopic (exact) mass is 660 g/mol. The maximum absolute atomic E-state index is 13.0. The normalized spacial score (nSPS) is 16.3. The van der Waals surface area contributed by atoms with Crippen LogP contribution in [0.2, 0.25) is 10.0 Å². The number of rotatable bonds is 13. The number of anilines is 2. The molecule has 1 aromatic carbocycles. The summed E-state index contributed by atoms with van der Waals surface area (Å²) < 4.78 is 14.1. The number of likely N-dealkylation sites (N-methyl/N-ethyl adjacent to an activating group) is 1. The summed E-state index contributed by atoms with van der Waals surface area (Å²) in [6, 6.07) is 7.63. The van der Waals surface area contributed by atoms with Gasteiger partial charge in [-0.15, -0.1) is 0 Å². The molecule has 0 radical (unpaired) electrons. The van der Waals surface area contributed by atoms with Gasteiger partial charge >= 0.3 is 0 Å². The zero-order chi connectivity index (χ0) is 31.8. The van der Waals surface area contributed by atoms with Crippen molar-refractivity contribution < 1.29 is 9.47 Å². The maximum Gasteiger partial charge on any atom is 0.287 e. The van der Waals surface area contributed by atoms with Gasteiger partial charge in [-0.2, -0.15) is 10.2 Å². The van der Waals surface area contributed by atoms with Crippen LogP contribution in [0.15, 0.2) is 46.2 Å². The molecule has 2 aliphatic heterocycles. The molecule has 0 saturated carbocycles.